The predicted molar refractivity (Wildman–Crippen MR) is 116 cm³/mol. The number of guanidine groups is 1. The molecular formula is C17H29IN4O3S. The average molecular weight is 496 g/mol. The number of halogens is 1. The summed E-state index contributed by atoms with van der Waals surface area (Å²) in [6, 6.07) is 7.88. The first-order chi connectivity index (χ1) is 12.0. The summed E-state index contributed by atoms with van der Waals surface area (Å²) in [5.41, 5.74) is 1.07. The van der Waals surface area contributed by atoms with Crippen LogP contribution in [0.2, 0.25) is 0 Å². The molecule has 1 aliphatic rings. The Kier molecular flexibility index (Phi) is 9.66. The first-order valence-electron chi connectivity index (χ1n) is 8.57. The third-order valence-electron chi connectivity index (χ3n) is 4.11. The zero-order valence-electron chi connectivity index (χ0n) is 15.6. The van der Waals surface area contributed by atoms with E-state index in [1.165, 1.54) is 4.31 Å². The molecule has 1 heterocycles. The van der Waals surface area contributed by atoms with Crippen LogP contribution >= 0.6 is 24.0 Å². The van der Waals surface area contributed by atoms with E-state index < -0.39 is 10.0 Å². The van der Waals surface area contributed by atoms with Crippen LogP contribution in [0.15, 0.2) is 29.3 Å². The molecule has 0 aliphatic carbocycles. The normalized spacial score (nSPS) is 16.8. The molecule has 1 saturated heterocycles. The highest BCUT2D eigenvalue weighted by atomic mass is 127. The van der Waals surface area contributed by atoms with Crippen LogP contribution in [0.1, 0.15) is 18.9 Å². The Balaban J connectivity index is 0.00000338. The SMILES string of the molecule is CCNC(=NCCN1CCCS1(=O)=O)N(C)Cc1ccccc1OC.I. The van der Waals surface area contributed by atoms with Gasteiger partial charge in [-0.15, -0.1) is 24.0 Å². The average Bonchev–Trinajstić information content (AvgIpc) is 2.93. The van der Waals surface area contributed by atoms with Crippen LogP contribution in [0.3, 0.4) is 0 Å². The van der Waals surface area contributed by atoms with Gasteiger partial charge in [0.25, 0.3) is 0 Å². The lowest BCUT2D eigenvalue weighted by molar-refractivity contribution is 0.395. The van der Waals surface area contributed by atoms with Crippen molar-refractivity contribution in [1.82, 2.24) is 14.5 Å². The number of rotatable bonds is 7. The van der Waals surface area contributed by atoms with Gasteiger partial charge in [-0.25, -0.2) is 12.7 Å². The molecule has 26 heavy (non-hydrogen) atoms. The summed E-state index contributed by atoms with van der Waals surface area (Å²) in [6.07, 6.45) is 0.708. The number of nitrogens with zero attached hydrogens (tertiary/aromatic N) is 3. The molecule has 0 unspecified atom stereocenters. The predicted octanol–water partition coefficient (Wildman–Crippen LogP) is 1.75. The lowest BCUT2D eigenvalue weighted by Gasteiger charge is -2.23. The molecule has 1 fully saturated rings. The van der Waals surface area contributed by atoms with Gasteiger partial charge in [0.15, 0.2) is 5.96 Å². The zero-order chi connectivity index (χ0) is 18.3. The minimum Gasteiger partial charge on any atom is -0.496 e. The molecule has 1 aromatic carbocycles. The van der Waals surface area contributed by atoms with Crippen molar-refractivity contribution in [3.05, 3.63) is 29.8 Å². The number of para-hydroxylation sites is 1. The first-order valence-corrected chi connectivity index (χ1v) is 10.2. The Morgan fingerprint density at radius 2 is 2.12 bits per heavy atom. The minimum absolute atomic E-state index is 0. The van der Waals surface area contributed by atoms with Crippen molar-refractivity contribution >= 4 is 40.0 Å². The number of hydrogen-bond acceptors (Lipinski definition) is 4. The van der Waals surface area contributed by atoms with Crippen LogP contribution in [-0.2, 0) is 16.6 Å². The van der Waals surface area contributed by atoms with E-state index in [0.29, 0.717) is 32.6 Å². The van der Waals surface area contributed by atoms with Gasteiger partial charge in [0.2, 0.25) is 10.0 Å². The Hall–Kier alpha value is -1.07. The van der Waals surface area contributed by atoms with E-state index in [1.807, 2.05) is 43.1 Å². The molecule has 0 radical (unpaired) electrons. The van der Waals surface area contributed by atoms with Crippen molar-refractivity contribution in [1.29, 1.82) is 0 Å². The second-order valence-electron chi connectivity index (χ2n) is 5.97. The van der Waals surface area contributed by atoms with Crippen LogP contribution in [0, 0.1) is 0 Å². The van der Waals surface area contributed by atoms with E-state index in [4.69, 9.17) is 4.74 Å². The zero-order valence-corrected chi connectivity index (χ0v) is 18.8. The number of ether oxygens (including phenoxy) is 1. The number of benzene rings is 1. The van der Waals surface area contributed by atoms with Crippen molar-refractivity contribution in [3.63, 3.8) is 0 Å². The maximum atomic E-state index is 11.8. The molecule has 1 aliphatic heterocycles. The summed E-state index contributed by atoms with van der Waals surface area (Å²) in [5, 5.41) is 3.25. The van der Waals surface area contributed by atoms with Crippen molar-refractivity contribution < 1.29 is 13.2 Å². The van der Waals surface area contributed by atoms with Gasteiger partial charge in [0.1, 0.15) is 5.75 Å². The summed E-state index contributed by atoms with van der Waals surface area (Å²) in [5.74, 6) is 1.85. The molecule has 1 aromatic rings. The molecule has 9 heteroatoms. The van der Waals surface area contributed by atoms with E-state index in [9.17, 15) is 8.42 Å². The highest BCUT2D eigenvalue weighted by molar-refractivity contribution is 14.0. The number of sulfonamides is 1. The fourth-order valence-corrected chi connectivity index (χ4v) is 4.36. The molecule has 0 bridgehead atoms. The van der Waals surface area contributed by atoms with Gasteiger partial charge in [-0.05, 0) is 19.4 Å². The second-order valence-corrected chi connectivity index (χ2v) is 8.06. The standard InChI is InChI=1S/C17H28N4O3S.HI/c1-4-18-17(19-10-12-21-11-7-13-25(21,22)23)20(2)14-15-8-5-6-9-16(15)24-3;/h5-6,8-9H,4,7,10-14H2,1-3H3,(H,18,19);1H. The molecule has 148 valence electrons. The molecule has 7 nitrogen and oxygen atoms in total. The van der Waals surface area contributed by atoms with Crippen molar-refractivity contribution in [2.45, 2.75) is 19.9 Å². The fraction of sp³-hybridized carbons (Fsp3) is 0.588. The number of hydrogen-bond donors (Lipinski definition) is 1. The second kappa shape index (κ2) is 10.9. The molecular weight excluding hydrogens is 467 g/mol. The van der Waals surface area contributed by atoms with Crippen molar-refractivity contribution in [2.75, 3.05) is 46.1 Å². The largest absolute Gasteiger partial charge is 0.496 e. The van der Waals surface area contributed by atoms with Gasteiger partial charge in [-0.3, -0.25) is 4.99 Å². The maximum absolute atomic E-state index is 11.8. The molecule has 0 saturated carbocycles. The molecule has 0 atom stereocenters. The van der Waals surface area contributed by atoms with Gasteiger partial charge in [0.05, 0.1) is 19.4 Å². The van der Waals surface area contributed by atoms with E-state index >= 15 is 0 Å². The van der Waals surface area contributed by atoms with Crippen LogP contribution in [0.5, 0.6) is 5.75 Å². The van der Waals surface area contributed by atoms with Gasteiger partial charge in [-0.2, -0.15) is 0 Å². The first kappa shape index (κ1) is 23.0. The smallest absolute Gasteiger partial charge is 0.214 e. The van der Waals surface area contributed by atoms with Crippen LogP contribution in [-0.4, -0.2) is 69.7 Å². The lowest BCUT2D eigenvalue weighted by Crippen LogP contribution is -2.39. The highest BCUT2D eigenvalue weighted by Gasteiger charge is 2.27. The third kappa shape index (κ3) is 6.27. The van der Waals surface area contributed by atoms with E-state index in [2.05, 4.69) is 10.3 Å². The monoisotopic (exact) mass is 496 g/mol. The molecule has 2 rings (SSSR count). The number of nitrogens with one attached hydrogen (secondary N) is 1. The maximum Gasteiger partial charge on any atom is 0.214 e. The molecule has 0 spiro atoms. The summed E-state index contributed by atoms with van der Waals surface area (Å²) < 4.78 is 30.6. The van der Waals surface area contributed by atoms with Crippen LogP contribution in [0.25, 0.3) is 0 Å². The fourth-order valence-electron chi connectivity index (χ4n) is 2.84. The summed E-state index contributed by atoms with van der Waals surface area (Å²) in [6.45, 7) is 4.88. The quantitative estimate of drug-likeness (QED) is 0.354. The minimum atomic E-state index is -3.06. The summed E-state index contributed by atoms with van der Waals surface area (Å²) in [7, 11) is 0.559. The van der Waals surface area contributed by atoms with Gasteiger partial charge < -0.3 is 15.0 Å². The van der Waals surface area contributed by atoms with Gasteiger partial charge in [0, 0.05) is 38.8 Å². The van der Waals surface area contributed by atoms with Crippen molar-refractivity contribution in [2.24, 2.45) is 4.99 Å². The number of methoxy groups -OCH3 is 1. The topological polar surface area (TPSA) is 74.2 Å². The molecule has 0 aromatic heterocycles. The number of aliphatic imine (C=N–C) groups is 1. The molecule has 1 N–H and O–H groups in total. The lowest BCUT2D eigenvalue weighted by atomic mass is 10.2. The van der Waals surface area contributed by atoms with Crippen molar-refractivity contribution in [3.8, 4) is 5.75 Å². The Morgan fingerprint density at radius 1 is 1.38 bits per heavy atom. The highest BCUT2D eigenvalue weighted by Crippen LogP contribution is 2.18. The van der Waals surface area contributed by atoms with Gasteiger partial charge in [-0.1, -0.05) is 18.2 Å². The summed E-state index contributed by atoms with van der Waals surface area (Å²) in [4.78, 5) is 6.59. The summed E-state index contributed by atoms with van der Waals surface area (Å²) >= 11 is 0. The van der Waals surface area contributed by atoms with E-state index in [-0.39, 0.29) is 29.7 Å². The van der Waals surface area contributed by atoms with Gasteiger partial charge >= 0.3 is 0 Å². The van der Waals surface area contributed by atoms with E-state index in [0.717, 1.165) is 23.8 Å². The Labute approximate surface area is 173 Å². The molecule has 0 amide bonds. The van der Waals surface area contributed by atoms with E-state index in [1.54, 1.807) is 7.11 Å². The Bertz CT molecular complexity index is 697. The van der Waals surface area contributed by atoms with Crippen LogP contribution in [0.4, 0.5) is 0 Å². The third-order valence-corrected chi connectivity index (χ3v) is 6.07. The Morgan fingerprint density at radius 3 is 2.73 bits per heavy atom. The van der Waals surface area contributed by atoms with Crippen LogP contribution < -0.4 is 10.1 Å².